The Hall–Kier alpha value is -2.71. The van der Waals surface area contributed by atoms with E-state index in [1.165, 1.54) is 0 Å². The standard InChI is InChI=1S/C18H19N3O4S/c1-12-4-5-13(2)16(10-12)26(22,23)19-11-17-20-21-18(25-17)14-6-8-15(24-3)9-7-14/h4-10,19H,11H2,1-3H3. The van der Waals surface area contributed by atoms with Crippen molar-refractivity contribution in [2.45, 2.75) is 25.3 Å². The molecule has 0 aliphatic heterocycles. The van der Waals surface area contributed by atoms with E-state index < -0.39 is 10.0 Å². The molecule has 26 heavy (non-hydrogen) atoms. The maximum Gasteiger partial charge on any atom is 0.247 e. The monoisotopic (exact) mass is 373 g/mol. The molecule has 0 saturated heterocycles. The van der Waals surface area contributed by atoms with E-state index in [1.807, 2.05) is 13.0 Å². The number of aromatic nitrogens is 2. The van der Waals surface area contributed by atoms with Crippen LogP contribution in [0.15, 0.2) is 51.8 Å². The number of hydrogen-bond acceptors (Lipinski definition) is 6. The molecule has 0 amide bonds. The predicted molar refractivity (Wildman–Crippen MR) is 96.2 cm³/mol. The van der Waals surface area contributed by atoms with Crippen LogP contribution in [-0.4, -0.2) is 25.7 Å². The molecule has 7 nitrogen and oxygen atoms in total. The van der Waals surface area contributed by atoms with Gasteiger partial charge >= 0.3 is 0 Å². The number of methoxy groups -OCH3 is 1. The Morgan fingerprint density at radius 2 is 1.81 bits per heavy atom. The molecule has 0 aliphatic rings. The fourth-order valence-corrected chi connectivity index (χ4v) is 3.71. The largest absolute Gasteiger partial charge is 0.497 e. The van der Waals surface area contributed by atoms with Crippen LogP contribution in [0.4, 0.5) is 0 Å². The highest BCUT2D eigenvalue weighted by atomic mass is 32.2. The van der Waals surface area contributed by atoms with Crippen molar-refractivity contribution in [2.75, 3.05) is 7.11 Å². The Balaban J connectivity index is 1.74. The van der Waals surface area contributed by atoms with E-state index >= 15 is 0 Å². The molecule has 1 heterocycles. The summed E-state index contributed by atoms with van der Waals surface area (Å²) in [7, 11) is -2.09. The summed E-state index contributed by atoms with van der Waals surface area (Å²) in [4.78, 5) is 0.243. The second kappa shape index (κ2) is 7.27. The first kappa shape index (κ1) is 18.1. The summed E-state index contributed by atoms with van der Waals surface area (Å²) in [5.41, 5.74) is 2.27. The number of nitrogens with zero attached hydrogens (tertiary/aromatic N) is 2. The lowest BCUT2D eigenvalue weighted by Crippen LogP contribution is -2.24. The minimum atomic E-state index is -3.67. The molecule has 3 rings (SSSR count). The SMILES string of the molecule is COc1ccc(-c2nnc(CNS(=O)(=O)c3cc(C)ccc3C)o2)cc1. The maximum atomic E-state index is 12.5. The van der Waals surface area contributed by atoms with E-state index in [1.54, 1.807) is 50.4 Å². The van der Waals surface area contributed by atoms with Crippen LogP contribution in [0.3, 0.4) is 0 Å². The van der Waals surface area contributed by atoms with Crippen LogP contribution >= 0.6 is 0 Å². The molecule has 0 unspecified atom stereocenters. The lowest BCUT2D eigenvalue weighted by atomic mass is 10.2. The third kappa shape index (κ3) is 3.92. The van der Waals surface area contributed by atoms with Crippen LogP contribution in [0.1, 0.15) is 17.0 Å². The van der Waals surface area contributed by atoms with Crippen molar-refractivity contribution in [2.24, 2.45) is 0 Å². The maximum absolute atomic E-state index is 12.5. The van der Waals surface area contributed by atoms with Gasteiger partial charge in [0.1, 0.15) is 5.75 Å². The molecule has 0 fully saturated rings. The zero-order valence-corrected chi connectivity index (χ0v) is 15.5. The minimum absolute atomic E-state index is 0.0845. The van der Waals surface area contributed by atoms with E-state index in [0.717, 1.165) is 16.9 Å². The molecule has 2 aromatic carbocycles. The zero-order chi connectivity index (χ0) is 18.7. The molecule has 1 aromatic heterocycles. The minimum Gasteiger partial charge on any atom is -0.497 e. The van der Waals surface area contributed by atoms with Crippen LogP contribution in [0.25, 0.3) is 11.5 Å². The Bertz CT molecular complexity index is 1010. The second-order valence-corrected chi connectivity index (χ2v) is 7.56. The average Bonchev–Trinajstić information content (AvgIpc) is 3.11. The second-order valence-electron chi connectivity index (χ2n) is 5.82. The molecule has 1 N–H and O–H groups in total. The Morgan fingerprint density at radius 1 is 1.08 bits per heavy atom. The topological polar surface area (TPSA) is 94.3 Å². The number of rotatable bonds is 6. The normalized spacial score (nSPS) is 11.5. The summed E-state index contributed by atoms with van der Waals surface area (Å²) in [5, 5.41) is 7.85. The molecule has 8 heteroatoms. The number of aryl methyl sites for hydroxylation is 2. The van der Waals surface area contributed by atoms with Crippen molar-refractivity contribution < 1.29 is 17.6 Å². The molecule has 3 aromatic rings. The molecule has 0 radical (unpaired) electrons. The average molecular weight is 373 g/mol. The molecule has 136 valence electrons. The van der Waals surface area contributed by atoms with Gasteiger partial charge in [-0.05, 0) is 55.3 Å². The van der Waals surface area contributed by atoms with Gasteiger partial charge in [-0.15, -0.1) is 10.2 Å². The predicted octanol–water partition coefficient (Wildman–Crippen LogP) is 2.84. The molecule has 0 spiro atoms. The first-order chi connectivity index (χ1) is 12.4. The number of ether oxygens (including phenoxy) is 1. The third-order valence-corrected chi connectivity index (χ3v) is 5.39. The number of hydrogen-bond donors (Lipinski definition) is 1. The van der Waals surface area contributed by atoms with Crippen molar-refractivity contribution in [3.05, 3.63) is 59.5 Å². The van der Waals surface area contributed by atoms with Gasteiger partial charge in [-0.1, -0.05) is 12.1 Å². The van der Waals surface area contributed by atoms with Crippen LogP contribution in [0.5, 0.6) is 5.75 Å². The van der Waals surface area contributed by atoms with Gasteiger partial charge in [0.25, 0.3) is 0 Å². The number of sulfonamides is 1. The van der Waals surface area contributed by atoms with Crippen molar-refractivity contribution in [3.63, 3.8) is 0 Å². The quantitative estimate of drug-likeness (QED) is 0.714. The van der Waals surface area contributed by atoms with Gasteiger partial charge in [0.15, 0.2) is 0 Å². The first-order valence-electron chi connectivity index (χ1n) is 7.93. The summed E-state index contributed by atoms with van der Waals surface area (Å²) in [6.45, 7) is 3.51. The van der Waals surface area contributed by atoms with Crippen molar-refractivity contribution in [1.82, 2.24) is 14.9 Å². The Labute approximate surface area is 152 Å². The van der Waals surface area contributed by atoms with Gasteiger partial charge in [-0.2, -0.15) is 0 Å². The highest BCUT2D eigenvalue weighted by molar-refractivity contribution is 7.89. The van der Waals surface area contributed by atoms with E-state index in [0.29, 0.717) is 11.5 Å². The number of nitrogens with one attached hydrogen (secondary N) is 1. The molecule has 0 bridgehead atoms. The summed E-state index contributed by atoms with van der Waals surface area (Å²) in [6, 6.07) is 12.4. The Kier molecular flexibility index (Phi) is 5.06. The van der Waals surface area contributed by atoms with E-state index in [9.17, 15) is 8.42 Å². The fraction of sp³-hybridized carbons (Fsp3) is 0.222. The molecule has 0 atom stereocenters. The van der Waals surface area contributed by atoms with Crippen molar-refractivity contribution >= 4 is 10.0 Å². The fourth-order valence-electron chi connectivity index (χ4n) is 2.41. The molecule has 0 aliphatic carbocycles. The number of benzene rings is 2. The zero-order valence-electron chi connectivity index (χ0n) is 14.7. The highest BCUT2D eigenvalue weighted by Gasteiger charge is 2.18. The van der Waals surface area contributed by atoms with E-state index in [2.05, 4.69) is 14.9 Å². The van der Waals surface area contributed by atoms with Gasteiger partial charge in [0, 0.05) is 5.56 Å². The van der Waals surface area contributed by atoms with Crippen molar-refractivity contribution in [1.29, 1.82) is 0 Å². The van der Waals surface area contributed by atoms with Gasteiger partial charge < -0.3 is 9.15 Å². The van der Waals surface area contributed by atoms with Crippen LogP contribution in [0, 0.1) is 13.8 Å². The van der Waals surface area contributed by atoms with Gasteiger partial charge in [0.05, 0.1) is 18.6 Å². The smallest absolute Gasteiger partial charge is 0.247 e. The van der Waals surface area contributed by atoms with Crippen LogP contribution in [-0.2, 0) is 16.6 Å². The van der Waals surface area contributed by atoms with Crippen LogP contribution < -0.4 is 9.46 Å². The summed E-state index contributed by atoms with van der Waals surface area (Å²) in [6.07, 6.45) is 0. The van der Waals surface area contributed by atoms with Gasteiger partial charge in [0.2, 0.25) is 21.8 Å². The van der Waals surface area contributed by atoms with E-state index in [-0.39, 0.29) is 17.3 Å². The molecular weight excluding hydrogens is 354 g/mol. The van der Waals surface area contributed by atoms with E-state index in [4.69, 9.17) is 9.15 Å². The highest BCUT2D eigenvalue weighted by Crippen LogP contribution is 2.21. The summed E-state index contributed by atoms with van der Waals surface area (Å²) in [5.74, 6) is 1.22. The molecular formula is C18H19N3O4S. The first-order valence-corrected chi connectivity index (χ1v) is 9.41. The molecule has 0 saturated carbocycles. The summed E-state index contributed by atoms with van der Waals surface area (Å²) < 4.78 is 38.2. The third-order valence-electron chi connectivity index (χ3n) is 3.85. The van der Waals surface area contributed by atoms with Gasteiger partial charge in [-0.3, -0.25) is 0 Å². The summed E-state index contributed by atoms with van der Waals surface area (Å²) >= 11 is 0. The lowest BCUT2D eigenvalue weighted by molar-refractivity contribution is 0.415. The van der Waals surface area contributed by atoms with Gasteiger partial charge in [-0.25, -0.2) is 13.1 Å². The van der Waals surface area contributed by atoms with Crippen molar-refractivity contribution in [3.8, 4) is 17.2 Å². The lowest BCUT2D eigenvalue weighted by Gasteiger charge is -2.08. The Morgan fingerprint density at radius 3 is 2.50 bits per heavy atom. The van der Waals surface area contributed by atoms with Crippen LogP contribution in [0.2, 0.25) is 0 Å².